The zero-order valence-electron chi connectivity index (χ0n) is 19.3. The summed E-state index contributed by atoms with van der Waals surface area (Å²) in [7, 11) is 1.52. The van der Waals surface area contributed by atoms with Crippen molar-refractivity contribution in [2.45, 2.75) is 39.8 Å². The van der Waals surface area contributed by atoms with E-state index in [1.165, 1.54) is 11.6 Å². The fourth-order valence-electron chi connectivity index (χ4n) is 4.22. The van der Waals surface area contributed by atoms with E-state index >= 15 is 0 Å². The van der Waals surface area contributed by atoms with Crippen molar-refractivity contribution in [1.29, 1.82) is 0 Å². The molecule has 0 atom stereocenters. The molecule has 2 aromatic heterocycles. The first-order chi connectivity index (χ1) is 15.9. The van der Waals surface area contributed by atoms with E-state index in [1.807, 2.05) is 42.8 Å². The SMILES string of the molecule is CC(C)Cn1c(=O)n(C)c(=O)c2c(C#CCCCO)n(Cc3cccc4ccccc34)cc21. The van der Waals surface area contributed by atoms with Crippen LogP contribution in [0.3, 0.4) is 0 Å². The van der Waals surface area contributed by atoms with Gasteiger partial charge in [-0.1, -0.05) is 62.2 Å². The van der Waals surface area contributed by atoms with Crippen molar-refractivity contribution >= 4 is 21.7 Å². The number of unbranched alkanes of at least 4 members (excludes halogenated alkanes) is 1. The summed E-state index contributed by atoms with van der Waals surface area (Å²) >= 11 is 0. The Morgan fingerprint density at radius 3 is 2.58 bits per heavy atom. The predicted octanol–water partition coefficient (Wildman–Crippen LogP) is 3.48. The molecule has 33 heavy (non-hydrogen) atoms. The third-order valence-electron chi connectivity index (χ3n) is 5.82. The largest absolute Gasteiger partial charge is 0.396 e. The third-order valence-corrected chi connectivity index (χ3v) is 5.82. The Labute approximate surface area is 192 Å². The molecule has 4 aromatic rings. The average Bonchev–Trinajstić information content (AvgIpc) is 3.16. The van der Waals surface area contributed by atoms with Gasteiger partial charge in [0.1, 0.15) is 5.69 Å². The number of benzene rings is 2. The van der Waals surface area contributed by atoms with Gasteiger partial charge in [0.15, 0.2) is 0 Å². The highest BCUT2D eigenvalue weighted by molar-refractivity contribution is 5.87. The minimum Gasteiger partial charge on any atom is -0.396 e. The van der Waals surface area contributed by atoms with Crippen LogP contribution in [0.2, 0.25) is 0 Å². The van der Waals surface area contributed by atoms with Crippen molar-refractivity contribution in [3.8, 4) is 11.8 Å². The Morgan fingerprint density at radius 1 is 1.06 bits per heavy atom. The molecule has 1 N–H and O–H groups in total. The Balaban J connectivity index is 1.97. The van der Waals surface area contributed by atoms with Crippen LogP contribution in [0.15, 0.2) is 58.3 Å². The van der Waals surface area contributed by atoms with Crippen LogP contribution < -0.4 is 11.2 Å². The molecule has 0 bridgehead atoms. The molecule has 0 saturated heterocycles. The second-order valence-corrected chi connectivity index (χ2v) is 8.78. The number of aliphatic hydroxyl groups excluding tert-OH is 1. The van der Waals surface area contributed by atoms with Gasteiger partial charge in [-0.15, -0.1) is 0 Å². The Bertz CT molecular complexity index is 1490. The highest BCUT2D eigenvalue weighted by Gasteiger charge is 2.19. The lowest BCUT2D eigenvalue weighted by atomic mass is 10.0. The quantitative estimate of drug-likeness (QED) is 0.366. The minimum atomic E-state index is -0.335. The van der Waals surface area contributed by atoms with Crippen LogP contribution in [-0.2, 0) is 20.1 Å². The minimum absolute atomic E-state index is 0.0716. The lowest BCUT2D eigenvalue weighted by Crippen LogP contribution is -2.38. The first kappa shape index (κ1) is 22.6. The van der Waals surface area contributed by atoms with Gasteiger partial charge in [0.2, 0.25) is 0 Å². The third kappa shape index (κ3) is 4.37. The van der Waals surface area contributed by atoms with Gasteiger partial charge in [0, 0.05) is 39.4 Å². The highest BCUT2D eigenvalue weighted by atomic mass is 16.3. The molecule has 6 nitrogen and oxygen atoms in total. The molecule has 0 aliphatic heterocycles. The van der Waals surface area contributed by atoms with Gasteiger partial charge in [-0.2, -0.15) is 0 Å². The Hall–Kier alpha value is -3.56. The van der Waals surface area contributed by atoms with Crippen molar-refractivity contribution in [1.82, 2.24) is 13.7 Å². The normalized spacial score (nSPS) is 11.3. The van der Waals surface area contributed by atoms with Crippen molar-refractivity contribution < 1.29 is 5.11 Å². The lowest BCUT2D eigenvalue weighted by molar-refractivity contribution is 0.290. The number of fused-ring (bicyclic) bond motifs is 2. The summed E-state index contributed by atoms with van der Waals surface area (Å²) in [6.07, 6.45) is 2.99. The van der Waals surface area contributed by atoms with Crippen LogP contribution in [0, 0.1) is 17.8 Å². The fraction of sp³-hybridized carbons (Fsp3) is 0.333. The van der Waals surface area contributed by atoms with Gasteiger partial charge < -0.3 is 9.67 Å². The Kier molecular flexibility index (Phi) is 6.52. The van der Waals surface area contributed by atoms with E-state index in [-0.39, 0.29) is 23.8 Å². The van der Waals surface area contributed by atoms with Gasteiger partial charge in [-0.25, -0.2) is 4.79 Å². The van der Waals surface area contributed by atoms with E-state index in [1.54, 1.807) is 4.57 Å². The second kappa shape index (κ2) is 9.51. The summed E-state index contributed by atoms with van der Waals surface area (Å²) in [4.78, 5) is 26.1. The van der Waals surface area contributed by atoms with Crippen molar-refractivity contribution in [2.75, 3.05) is 6.61 Å². The molecule has 0 saturated carbocycles. The number of rotatable bonds is 6. The van der Waals surface area contributed by atoms with E-state index in [0.29, 0.717) is 42.5 Å². The van der Waals surface area contributed by atoms with E-state index < -0.39 is 0 Å². The van der Waals surface area contributed by atoms with Crippen LogP contribution in [0.1, 0.15) is 37.9 Å². The van der Waals surface area contributed by atoms with Crippen molar-refractivity contribution in [2.24, 2.45) is 13.0 Å². The number of nitrogens with zero attached hydrogens (tertiary/aromatic N) is 3. The highest BCUT2D eigenvalue weighted by Crippen LogP contribution is 2.23. The first-order valence-corrected chi connectivity index (χ1v) is 11.3. The van der Waals surface area contributed by atoms with Gasteiger partial charge in [0.25, 0.3) is 5.56 Å². The molecule has 0 spiro atoms. The molecule has 6 heteroatoms. The molecule has 0 radical (unpaired) electrons. The maximum Gasteiger partial charge on any atom is 0.331 e. The predicted molar refractivity (Wildman–Crippen MR) is 133 cm³/mol. The summed E-state index contributed by atoms with van der Waals surface area (Å²) in [5, 5.41) is 11.9. The van der Waals surface area contributed by atoms with E-state index in [2.05, 4.69) is 36.1 Å². The number of aromatic nitrogens is 3. The first-order valence-electron chi connectivity index (χ1n) is 11.3. The molecule has 0 fully saturated rings. The number of hydrogen-bond acceptors (Lipinski definition) is 3. The Morgan fingerprint density at radius 2 is 1.82 bits per heavy atom. The lowest BCUT2D eigenvalue weighted by Gasteiger charge is -2.11. The monoisotopic (exact) mass is 443 g/mol. The molecule has 2 heterocycles. The number of hydrogen-bond donors (Lipinski definition) is 1. The zero-order valence-corrected chi connectivity index (χ0v) is 19.3. The fourth-order valence-corrected chi connectivity index (χ4v) is 4.22. The zero-order chi connectivity index (χ0) is 23.5. The van der Waals surface area contributed by atoms with E-state index in [4.69, 9.17) is 5.11 Å². The van der Waals surface area contributed by atoms with Gasteiger partial charge in [-0.05, 0) is 34.6 Å². The standard InChI is InChI=1S/C27H29N3O3/c1-19(2)16-30-24-18-29(17-21-12-9-11-20-10-6-7-13-22(20)21)23(14-5-4-8-15-31)25(24)26(32)28(3)27(30)33/h6-7,9-13,18-19,31H,4,8,15-17H2,1-3H3. The maximum atomic E-state index is 13.2. The second-order valence-electron chi connectivity index (χ2n) is 8.78. The van der Waals surface area contributed by atoms with Crippen LogP contribution >= 0.6 is 0 Å². The molecule has 0 amide bonds. The summed E-state index contributed by atoms with van der Waals surface area (Å²) in [5.41, 5.74) is 1.68. The molecular weight excluding hydrogens is 414 g/mol. The van der Waals surface area contributed by atoms with E-state index in [0.717, 1.165) is 16.3 Å². The van der Waals surface area contributed by atoms with Crippen LogP contribution in [-0.4, -0.2) is 25.4 Å². The smallest absolute Gasteiger partial charge is 0.331 e. The molecular formula is C27H29N3O3. The number of aliphatic hydroxyl groups is 1. The van der Waals surface area contributed by atoms with Crippen LogP contribution in [0.5, 0.6) is 0 Å². The summed E-state index contributed by atoms with van der Waals surface area (Å²) in [5.74, 6) is 6.52. The average molecular weight is 444 g/mol. The van der Waals surface area contributed by atoms with Crippen LogP contribution in [0.25, 0.3) is 21.7 Å². The molecule has 0 aliphatic carbocycles. The van der Waals surface area contributed by atoms with E-state index in [9.17, 15) is 9.59 Å². The molecule has 0 unspecified atom stereocenters. The summed E-state index contributed by atoms with van der Waals surface area (Å²) < 4.78 is 4.84. The van der Waals surface area contributed by atoms with Crippen LogP contribution in [0.4, 0.5) is 0 Å². The molecule has 170 valence electrons. The maximum absolute atomic E-state index is 13.2. The summed E-state index contributed by atoms with van der Waals surface area (Å²) in [6.45, 7) is 5.21. The van der Waals surface area contributed by atoms with Gasteiger partial charge in [-0.3, -0.25) is 13.9 Å². The molecule has 2 aromatic carbocycles. The summed E-state index contributed by atoms with van der Waals surface area (Å²) in [6, 6.07) is 14.4. The topological polar surface area (TPSA) is 69.2 Å². The molecule has 4 rings (SSSR count). The van der Waals surface area contributed by atoms with Crippen molar-refractivity contribution in [3.05, 3.63) is 80.8 Å². The van der Waals surface area contributed by atoms with Gasteiger partial charge in [0.05, 0.1) is 10.9 Å². The molecule has 0 aliphatic rings. The van der Waals surface area contributed by atoms with Crippen molar-refractivity contribution in [3.63, 3.8) is 0 Å². The van der Waals surface area contributed by atoms with Gasteiger partial charge >= 0.3 is 5.69 Å².